The van der Waals surface area contributed by atoms with E-state index in [1.165, 1.54) is 13.2 Å². The summed E-state index contributed by atoms with van der Waals surface area (Å²) in [4.78, 5) is 79.4. The monoisotopic (exact) mass is 763 g/mol. The van der Waals surface area contributed by atoms with Crippen LogP contribution in [0.1, 0.15) is 59.2 Å². The molecule has 3 aromatic carbocycles. The normalized spacial score (nSPS) is 22.9. The second-order valence-electron chi connectivity index (χ2n) is 15.4. The minimum atomic E-state index is -1.10. The Labute approximate surface area is 321 Å². The van der Waals surface area contributed by atoms with E-state index in [9.17, 15) is 24.0 Å². The number of amides is 4. The van der Waals surface area contributed by atoms with Gasteiger partial charge in [-0.3, -0.25) is 39.1 Å². The number of carbonyl (C=O) groups is 4. The average molecular weight is 764 g/mol. The predicted octanol–water partition coefficient (Wildman–Crippen LogP) is 3.72. The number of anilines is 2. The summed E-state index contributed by atoms with van der Waals surface area (Å²) in [6.45, 7) is 4.38. The molecule has 3 atom stereocenters. The summed E-state index contributed by atoms with van der Waals surface area (Å²) in [6, 6.07) is 13.2. The molecule has 4 aromatic rings. The molecule has 5 aliphatic rings. The first-order valence-corrected chi connectivity index (χ1v) is 19.2. The minimum Gasteiger partial charge on any atom is -0.497 e. The predicted molar refractivity (Wildman–Crippen MR) is 205 cm³/mol. The van der Waals surface area contributed by atoms with Crippen LogP contribution in [0.25, 0.3) is 22.3 Å². The average Bonchev–Trinajstić information content (AvgIpc) is 3.59. The van der Waals surface area contributed by atoms with Crippen molar-refractivity contribution in [1.82, 2.24) is 25.1 Å². The molecule has 4 fully saturated rings. The topological polar surface area (TPSA) is 157 Å². The van der Waals surface area contributed by atoms with Crippen molar-refractivity contribution in [2.75, 3.05) is 56.7 Å². The Balaban J connectivity index is 0.822. The molecular weight excluding hydrogens is 721 g/mol. The van der Waals surface area contributed by atoms with E-state index in [0.717, 1.165) is 80.6 Å². The molecule has 0 spiro atoms. The molecular formula is C41H42FN7O7. The Morgan fingerprint density at radius 2 is 1.54 bits per heavy atom. The molecule has 4 saturated heterocycles. The lowest BCUT2D eigenvalue weighted by Crippen LogP contribution is -2.55. The summed E-state index contributed by atoms with van der Waals surface area (Å²) in [6.07, 6.45) is 3.97. The Morgan fingerprint density at radius 3 is 2.20 bits per heavy atom. The Morgan fingerprint density at radius 1 is 0.839 bits per heavy atom. The third kappa shape index (κ3) is 6.14. The molecule has 0 radical (unpaired) electrons. The maximum atomic E-state index is 15.8. The maximum Gasteiger partial charge on any atom is 0.262 e. The van der Waals surface area contributed by atoms with Crippen LogP contribution in [0.2, 0.25) is 0 Å². The van der Waals surface area contributed by atoms with Gasteiger partial charge in [-0.25, -0.2) is 9.37 Å². The number of ether oxygens (including phenoxy) is 2. The number of benzene rings is 3. The summed E-state index contributed by atoms with van der Waals surface area (Å²) < 4.78 is 26.6. The number of imide groups is 2. The van der Waals surface area contributed by atoms with Crippen molar-refractivity contribution in [1.29, 1.82) is 0 Å². The second-order valence-corrected chi connectivity index (χ2v) is 15.4. The molecule has 2 bridgehead atoms. The number of piperazine rings is 1. The first-order chi connectivity index (χ1) is 27.1. The second kappa shape index (κ2) is 14.0. The van der Waals surface area contributed by atoms with Crippen molar-refractivity contribution < 1.29 is 33.0 Å². The maximum absolute atomic E-state index is 15.8. The van der Waals surface area contributed by atoms with Crippen LogP contribution in [0.5, 0.6) is 11.5 Å². The molecule has 15 heteroatoms. The van der Waals surface area contributed by atoms with E-state index in [4.69, 9.17) is 14.5 Å². The van der Waals surface area contributed by atoms with Crippen LogP contribution >= 0.6 is 0 Å². The van der Waals surface area contributed by atoms with E-state index in [1.54, 1.807) is 19.2 Å². The van der Waals surface area contributed by atoms with Crippen molar-refractivity contribution in [2.45, 2.75) is 56.7 Å². The Kier molecular flexibility index (Phi) is 8.98. The van der Waals surface area contributed by atoms with E-state index in [0.29, 0.717) is 39.8 Å². The number of methoxy groups -OCH3 is 2. The van der Waals surface area contributed by atoms with Gasteiger partial charge in [0.25, 0.3) is 17.4 Å². The van der Waals surface area contributed by atoms with Crippen molar-refractivity contribution in [3.63, 3.8) is 0 Å². The molecule has 6 heterocycles. The van der Waals surface area contributed by atoms with Gasteiger partial charge < -0.3 is 24.3 Å². The highest BCUT2D eigenvalue weighted by Gasteiger charge is 2.47. The van der Waals surface area contributed by atoms with Crippen LogP contribution in [-0.2, 0) is 9.59 Å². The number of piperidine rings is 2. The fourth-order valence-electron chi connectivity index (χ4n) is 9.41. The Hall–Kier alpha value is -5.83. The SMILES string of the molecule is COc1cc(OC)c2c(=O)[nH]c(-c3ccc(N4CCC(CN5CC6CCC(C5)N6c5cc6c(cc5F)C(=O)N(C5CCC(=O)NC5=O)C6=O)CC4)cc3)nc2c1. The van der Waals surface area contributed by atoms with Gasteiger partial charge in [0.15, 0.2) is 0 Å². The number of rotatable bonds is 8. The number of halogens is 1. The van der Waals surface area contributed by atoms with E-state index in [1.807, 2.05) is 12.1 Å². The zero-order valence-corrected chi connectivity index (χ0v) is 31.2. The zero-order valence-electron chi connectivity index (χ0n) is 31.2. The molecule has 0 aliphatic carbocycles. The molecule has 2 N–H and O–H groups in total. The highest BCUT2D eigenvalue weighted by Crippen LogP contribution is 2.40. The van der Waals surface area contributed by atoms with Gasteiger partial charge in [-0.1, -0.05) is 0 Å². The number of nitrogens with one attached hydrogen (secondary N) is 2. The lowest BCUT2D eigenvalue weighted by atomic mass is 9.95. The quantitative estimate of drug-likeness (QED) is 0.252. The molecule has 1 aromatic heterocycles. The molecule has 0 saturated carbocycles. The van der Waals surface area contributed by atoms with Crippen LogP contribution in [0.3, 0.4) is 0 Å². The highest BCUT2D eigenvalue weighted by molar-refractivity contribution is 6.23. The summed E-state index contributed by atoms with van der Waals surface area (Å²) in [5.41, 5.74) is 2.50. The van der Waals surface area contributed by atoms with Gasteiger partial charge in [-0.05, 0) is 74.4 Å². The van der Waals surface area contributed by atoms with Crippen LogP contribution < -0.4 is 30.1 Å². The van der Waals surface area contributed by atoms with E-state index in [-0.39, 0.29) is 41.6 Å². The summed E-state index contributed by atoms with van der Waals surface area (Å²) >= 11 is 0. The van der Waals surface area contributed by atoms with Crippen LogP contribution in [-0.4, -0.2) is 108 Å². The number of carbonyl (C=O) groups excluding carboxylic acids is 4. The Bertz CT molecular complexity index is 2330. The van der Waals surface area contributed by atoms with Crippen molar-refractivity contribution in [3.05, 3.63) is 75.8 Å². The molecule has 3 unspecified atom stereocenters. The van der Waals surface area contributed by atoms with Crippen molar-refractivity contribution >= 4 is 45.9 Å². The van der Waals surface area contributed by atoms with E-state index >= 15 is 4.39 Å². The fourth-order valence-corrected chi connectivity index (χ4v) is 9.41. The lowest BCUT2D eigenvalue weighted by Gasteiger charge is -2.44. The van der Waals surface area contributed by atoms with Crippen LogP contribution in [0.4, 0.5) is 15.8 Å². The summed E-state index contributed by atoms with van der Waals surface area (Å²) in [5, 5.41) is 2.57. The number of nitrogens with zero attached hydrogens (tertiary/aromatic N) is 5. The molecule has 290 valence electrons. The van der Waals surface area contributed by atoms with Crippen LogP contribution in [0.15, 0.2) is 53.3 Å². The van der Waals surface area contributed by atoms with Gasteiger partial charge >= 0.3 is 0 Å². The molecule has 5 aliphatic heterocycles. The third-order valence-electron chi connectivity index (χ3n) is 12.2. The molecule has 56 heavy (non-hydrogen) atoms. The van der Waals surface area contributed by atoms with E-state index in [2.05, 4.69) is 37.1 Å². The van der Waals surface area contributed by atoms with Gasteiger partial charge in [0.1, 0.15) is 34.6 Å². The number of aromatic amines is 1. The largest absolute Gasteiger partial charge is 0.497 e. The lowest BCUT2D eigenvalue weighted by molar-refractivity contribution is -0.136. The highest BCUT2D eigenvalue weighted by atomic mass is 19.1. The number of hydrogen-bond donors (Lipinski definition) is 2. The number of fused-ring (bicyclic) bond motifs is 4. The first-order valence-electron chi connectivity index (χ1n) is 19.2. The van der Waals surface area contributed by atoms with Crippen LogP contribution in [0, 0.1) is 11.7 Å². The smallest absolute Gasteiger partial charge is 0.262 e. The standard InChI is InChI=1S/C41H42FN7O7/c1-55-27-15-31-36(34(16-27)56-2)39(52)45-37(43-31)23-3-5-24(6-4-23)47-13-11-22(12-14-47)19-46-20-25-7-8-26(21-46)48(25)33-18-29-28(17-30(33)42)40(53)49(41(29)54)32-9-10-35(50)44-38(32)51/h3-6,15-18,22,25-26,32H,7-14,19-21H2,1-2H3,(H,43,45,52)(H,44,50,51). The molecule has 14 nitrogen and oxygen atoms in total. The first kappa shape index (κ1) is 35.8. The van der Waals surface area contributed by atoms with Gasteiger partial charge in [-0.2, -0.15) is 0 Å². The molecule has 4 amide bonds. The number of H-pyrrole nitrogens is 1. The van der Waals surface area contributed by atoms with Crippen molar-refractivity contribution in [3.8, 4) is 22.9 Å². The van der Waals surface area contributed by atoms with Gasteiger partial charge in [0, 0.05) is 74.6 Å². The fraction of sp³-hybridized carbons (Fsp3) is 0.415. The van der Waals surface area contributed by atoms with E-state index < -0.39 is 35.5 Å². The van der Waals surface area contributed by atoms with Crippen molar-refractivity contribution in [2.24, 2.45) is 5.92 Å². The zero-order chi connectivity index (χ0) is 38.8. The number of aromatic nitrogens is 2. The number of likely N-dealkylation sites (tertiary alicyclic amines) is 1. The third-order valence-corrected chi connectivity index (χ3v) is 12.2. The number of hydrogen-bond acceptors (Lipinski definition) is 11. The summed E-state index contributed by atoms with van der Waals surface area (Å²) in [5.74, 6) is -1.08. The van der Waals surface area contributed by atoms with Gasteiger partial charge in [0.2, 0.25) is 11.8 Å². The van der Waals surface area contributed by atoms with Gasteiger partial charge in [-0.15, -0.1) is 0 Å². The van der Waals surface area contributed by atoms with Gasteiger partial charge in [0.05, 0.1) is 36.6 Å². The minimum absolute atomic E-state index is 0.0221. The summed E-state index contributed by atoms with van der Waals surface area (Å²) in [7, 11) is 3.07. The molecule has 9 rings (SSSR count).